The average molecular weight is 410 g/mol. The third-order valence-corrected chi connectivity index (χ3v) is 5.52. The predicted molar refractivity (Wildman–Crippen MR) is 112 cm³/mol. The number of likely N-dealkylation sites (N-methyl/N-ethyl adjacent to an activating group) is 1. The van der Waals surface area contributed by atoms with Crippen molar-refractivity contribution in [1.29, 1.82) is 0 Å². The van der Waals surface area contributed by atoms with Gasteiger partial charge in [0.1, 0.15) is 39.3 Å². The van der Waals surface area contributed by atoms with Crippen LogP contribution in [0.15, 0.2) is 23.2 Å². The van der Waals surface area contributed by atoms with Crippen molar-refractivity contribution in [2.45, 2.75) is 25.8 Å². The number of aliphatic imine (C=N–C) groups is 1. The predicted octanol–water partition coefficient (Wildman–Crippen LogP) is 2.50. The molecule has 3 aromatic rings. The minimum atomic E-state index is -1.23. The fourth-order valence-electron chi connectivity index (χ4n) is 3.97. The van der Waals surface area contributed by atoms with Gasteiger partial charge in [0.2, 0.25) is 0 Å². The van der Waals surface area contributed by atoms with Crippen LogP contribution in [0.1, 0.15) is 35.7 Å². The molecule has 30 heavy (non-hydrogen) atoms. The van der Waals surface area contributed by atoms with Gasteiger partial charge in [-0.15, -0.1) is 0 Å². The summed E-state index contributed by atoms with van der Waals surface area (Å²) < 4.78 is 0. The van der Waals surface area contributed by atoms with Crippen LogP contribution in [0, 0.1) is 0 Å². The molecule has 9 nitrogen and oxygen atoms in total. The standard InChI is InChI=1S/C21H22N4O5/c1-2-25-7-3-4-11(25)9-22-10-13-15(27)8-16(28)20-18(13)24-19-14(26)6-5-12(21(29)30)17(19)23-20/h5-6,8,10-11,26-28H,2-4,7,9H2,1H3,(H,29,30)/b22-10+. The summed E-state index contributed by atoms with van der Waals surface area (Å²) in [5.74, 6) is -2.06. The van der Waals surface area contributed by atoms with Crippen LogP contribution in [-0.2, 0) is 0 Å². The van der Waals surface area contributed by atoms with Gasteiger partial charge >= 0.3 is 5.97 Å². The maximum atomic E-state index is 11.5. The van der Waals surface area contributed by atoms with Crippen molar-refractivity contribution < 1.29 is 25.2 Å². The number of fused-ring (bicyclic) bond motifs is 2. The molecule has 9 heteroatoms. The van der Waals surface area contributed by atoms with Gasteiger partial charge in [-0.2, -0.15) is 0 Å². The summed E-state index contributed by atoms with van der Waals surface area (Å²) in [6.45, 7) is 4.67. The van der Waals surface area contributed by atoms with Gasteiger partial charge in [-0.3, -0.25) is 9.89 Å². The van der Waals surface area contributed by atoms with Crippen LogP contribution in [0.3, 0.4) is 0 Å². The number of aromatic nitrogens is 2. The Balaban J connectivity index is 1.83. The molecular formula is C21H22N4O5. The fraction of sp³-hybridized carbons (Fsp3) is 0.333. The highest BCUT2D eigenvalue weighted by atomic mass is 16.4. The summed E-state index contributed by atoms with van der Waals surface area (Å²) >= 11 is 0. The van der Waals surface area contributed by atoms with Crippen molar-refractivity contribution >= 4 is 34.3 Å². The van der Waals surface area contributed by atoms with E-state index in [-0.39, 0.29) is 50.4 Å². The zero-order valence-electron chi connectivity index (χ0n) is 16.4. The van der Waals surface area contributed by atoms with Crippen LogP contribution in [0.4, 0.5) is 0 Å². The SMILES string of the molecule is CCN1CCCC1C/N=C/c1c(O)cc(O)c2nc3c(C(=O)O)ccc(O)c3nc12. The summed E-state index contributed by atoms with van der Waals surface area (Å²) in [7, 11) is 0. The number of likely N-dealkylation sites (tertiary alicyclic amines) is 1. The van der Waals surface area contributed by atoms with Crippen LogP contribution in [0.25, 0.3) is 22.1 Å². The number of rotatable bonds is 5. The van der Waals surface area contributed by atoms with Crippen molar-refractivity contribution in [3.8, 4) is 17.2 Å². The second-order valence-corrected chi connectivity index (χ2v) is 7.30. The van der Waals surface area contributed by atoms with E-state index in [0.717, 1.165) is 32.0 Å². The molecule has 1 aliphatic heterocycles. The molecule has 1 atom stereocenters. The molecule has 0 spiro atoms. The Morgan fingerprint density at radius 2 is 1.87 bits per heavy atom. The molecule has 1 fully saturated rings. The Hall–Kier alpha value is -3.46. The molecule has 1 unspecified atom stereocenters. The molecule has 0 radical (unpaired) electrons. The third kappa shape index (κ3) is 3.37. The third-order valence-electron chi connectivity index (χ3n) is 5.52. The molecule has 0 aliphatic carbocycles. The number of aromatic carboxylic acids is 1. The van der Waals surface area contributed by atoms with Gasteiger partial charge in [-0.05, 0) is 38.1 Å². The van der Waals surface area contributed by atoms with E-state index in [0.29, 0.717) is 12.6 Å². The molecule has 1 aromatic heterocycles. The normalized spacial score (nSPS) is 17.4. The highest BCUT2D eigenvalue weighted by Gasteiger charge is 2.23. The maximum Gasteiger partial charge on any atom is 0.337 e. The number of carboxylic acid groups (broad SMARTS) is 1. The van der Waals surface area contributed by atoms with Gasteiger partial charge in [-0.25, -0.2) is 14.8 Å². The van der Waals surface area contributed by atoms with Crippen molar-refractivity contribution in [1.82, 2.24) is 14.9 Å². The van der Waals surface area contributed by atoms with E-state index in [9.17, 15) is 25.2 Å². The maximum absolute atomic E-state index is 11.5. The van der Waals surface area contributed by atoms with E-state index < -0.39 is 5.97 Å². The minimum absolute atomic E-state index is 0.0194. The molecule has 4 N–H and O–H groups in total. The number of carbonyl (C=O) groups is 1. The summed E-state index contributed by atoms with van der Waals surface area (Å²) in [5, 5.41) is 40.2. The first kappa shape index (κ1) is 19.8. The molecular weight excluding hydrogens is 388 g/mol. The molecule has 1 saturated heterocycles. The van der Waals surface area contributed by atoms with Gasteiger partial charge in [0.25, 0.3) is 0 Å². The van der Waals surface area contributed by atoms with Gasteiger partial charge in [0, 0.05) is 18.3 Å². The monoisotopic (exact) mass is 410 g/mol. The lowest BCUT2D eigenvalue weighted by atomic mass is 10.1. The van der Waals surface area contributed by atoms with Crippen molar-refractivity contribution in [3.05, 3.63) is 29.3 Å². The highest BCUT2D eigenvalue weighted by molar-refractivity contribution is 6.08. The Morgan fingerprint density at radius 1 is 1.13 bits per heavy atom. The van der Waals surface area contributed by atoms with Crippen LogP contribution < -0.4 is 0 Å². The number of aromatic hydroxyl groups is 3. The van der Waals surface area contributed by atoms with Gasteiger partial charge in [-0.1, -0.05) is 6.92 Å². The second-order valence-electron chi connectivity index (χ2n) is 7.30. The molecule has 156 valence electrons. The van der Waals surface area contributed by atoms with E-state index in [1.54, 1.807) is 0 Å². The van der Waals surface area contributed by atoms with Gasteiger partial charge in [0.15, 0.2) is 0 Å². The van der Waals surface area contributed by atoms with Crippen LogP contribution in [0.5, 0.6) is 17.2 Å². The molecule has 0 saturated carbocycles. The van der Waals surface area contributed by atoms with Crippen LogP contribution in [0.2, 0.25) is 0 Å². The Labute approximate surface area is 172 Å². The molecule has 1 aliphatic rings. The quantitative estimate of drug-likeness (QED) is 0.372. The topological polar surface area (TPSA) is 139 Å². The van der Waals surface area contributed by atoms with Crippen molar-refractivity contribution in [2.75, 3.05) is 19.6 Å². The number of nitrogens with zero attached hydrogens (tertiary/aromatic N) is 4. The number of phenols is 3. The van der Waals surface area contributed by atoms with Crippen molar-refractivity contribution in [2.24, 2.45) is 4.99 Å². The number of carboxylic acids is 1. The Morgan fingerprint density at radius 3 is 2.60 bits per heavy atom. The zero-order chi connectivity index (χ0) is 21.4. The number of phenolic OH excluding ortho intramolecular Hbond substituents is 3. The number of benzene rings is 2. The lowest BCUT2D eigenvalue weighted by Crippen LogP contribution is -2.31. The van der Waals surface area contributed by atoms with Crippen molar-refractivity contribution in [3.63, 3.8) is 0 Å². The van der Waals surface area contributed by atoms with Crippen LogP contribution >= 0.6 is 0 Å². The second kappa shape index (κ2) is 7.75. The first-order valence-corrected chi connectivity index (χ1v) is 9.76. The van der Waals surface area contributed by atoms with E-state index in [1.165, 1.54) is 18.3 Å². The minimum Gasteiger partial charge on any atom is -0.507 e. The van der Waals surface area contributed by atoms with Gasteiger partial charge < -0.3 is 20.4 Å². The first-order valence-electron chi connectivity index (χ1n) is 9.76. The highest BCUT2D eigenvalue weighted by Crippen LogP contribution is 2.35. The molecule has 2 heterocycles. The molecule has 0 bridgehead atoms. The summed E-state index contributed by atoms with van der Waals surface area (Å²) in [4.78, 5) is 26.9. The van der Waals surface area contributed by atoms with E-state index in [1.807, 2.05) is 0 Å². The van der Waals surface area contributed by atoms with Crippen LogP contribution in [-0.4, -0.2) is 73.2 Å². The van der Waals surface area contributed by atoms with Gasteiger partial charge in [0.05, 0.1) is 17.7 Å². The summed E-state index contributed by atoms with van der Waals surface area (Å²) in [6, 6.07) is 3.91. The summed E-state index contributed by atoms with van der Waals surface area (Å²) in [5.41, 5.74) is 0.156. The Kier molecular flexibility index (Phi) is 5.13. The summed E-state index contributed by atoms with van der Waals surface area (Å²) in [6.07, 6.45) is 3.68. The smallest absolute Gasteiger partial charge is 0.337 e. The fourth-order valence-corrected chi connectivity index (χ4v) is 3.97. The lowest BCUT2D eigenvalue weighted by molar-refractivity contribution is 0.0699. The lowest BCUT2D eigenvalue weighted by Gasteiger charge is -2.20. The molecule has 0 amide bonds. The Bertz CT molecular complexity index is 1180. The number of hydrogen-bond acceptors (Lipinski definition) is 8. The molecule has 4 rings (SSSR count). The first-order chi connectivity index (χ1) is 14.4. The molecule has 2 aromatic carbocycles. The van der Waals surface area contributed by atoms with E-state index in [2.05, 4.69) is 26.8 Å². The van der Waals surface area contributed by atoms with E-state index >= 15 is 0 Å². The number of hydrogen-bond donors (Lipinski definition) is 4. The average Bonchev–Trinajstić information content (AvgIpc) is 3.17. The zero-order valence-corrected chi connectivity index (χ0v) is 16.4. The largest absolute Gasteiger partial charge is 0.507 e. The van der Waals surface area contributed by atoms with E-state index in [4.69, 9.17) is 0 Å².